The van der Waals surface area contributed by atoms with Gasteiger partial charge in [0.2, 0.25) is 0 Å². The summed E-state index contributed by atoms with van der Waals surface area (Å²) in [5.41, 5.74) is 4.31. The molecular formula is C18H21N. The Morgan fingerprint density at radius 3 is 1.95 bits per heavy atom. The summed E-state index contributed by atoms with van der Waals surface area (Å²) in [5.74, 6) is 0. The van der Waals surface area contributed by atoms with Crippen LogP contribution >= 0.6 is 0 Å². The van der Waals surface area contributed by atoms with E-state index in [2.05, 4.69) is 80.3 Å². The van der Waals surface area contributed by atoms with Crippen LogP contribution in [0.15, 0.2) is 54.6 Å². The summed E-state index contributed by atoms with van der Waals surface area (Å²) in [6.07, 6.45) is 0. The molecule has 1 nitrogen and oxygen atoms in total. The van der Waals surface area contributed by atoms with Gasteiger partial charge in [0.25, 0.3) is 0 Å². The van der Waals surface area contributed by atoms with Crippen LogP contribution in [0, 0.1) is 0 Å². The van der Waals surface area contributed by atoms with E-state index in [4.69, 9.17) is 0 Å². The second-order valence-electron chi connectivity index (χ2n) is 6.33. The fraction of sp³-hybridized carbons (Fsp3) is 0.333. The van der Waals surface area contributed by atoms with Gasteiger partial charge in [-0.3, -0.25) is 4.90 Å². The summed E-state index contributed by atoms with van der Waals surface area (Å²) in [6, 6.07) is 20.2. The summed E-state index contributed by atoms with van der Waals surface area (Å²) in [5, 5.41) is 0. The summed E-state index contributed by atoms with van der Waals surface area (Å²) in [7, 11) is 0. The number of hydrogen-bond acceptors (Lipinski definition) is 1. The number of hydrogen-bond donors (Lipinski definition) is 0. The molecule has 0 aliphatic carbocycles. The van der Waals surface area contributed by atoms with Gasteiger partial charge in [0, 0.05) is 18.1 Å². The molecule has 0 N–H and O–H groups in total. The topological polar surface area (TPSA) is 3.01 Å². The van der Waals surface area contributed by atoms with Gasteiger partial charge >= 0.3 is 0 Å². The predicted octanol–water partition coefficient (Wildman–Crippen LogP) is 4.51. The Bertz CT molecular complexity index is 548. The summed E-state index contributed by atoms with van der Waals surface area (Å²) >= 11 is 0. The van der Waals surface area contributed by atoms with Crippen molar-refractivity contribution in [3.8, 4) is 11.1 Å². The molecule has 1 aliphatic heterocycles. The van der Waals surface area contributed by atoms with Crippen LogP contribution in [0.25, 0.3) is 11.1 Å². The lowest BCUT2D eigenvalue weighted by molar-refractivity contribution is 0.287. The van der Waals surface area contributed by atoms with Crippen molar-refractivity contribution in [2.75, 3.05) is 6.54 Å². The third-order valence-electron chi connectivity index (χ3n) is 3.88. The highest BCUT2D eigenvalue weighted by molar-refractivity contribution is 5.63. The Morgan fingerprint density at radius 1 is 0.842 bits per heavy atom. The lowest BCUT2D eigenvalue weighted by Crippen LogP contribution is -2.25. The van der Waals surface area contributed by atoms with Crippen LogP contribution in [0.1, 0.15) is 32.4 Å². The van der Waals surface area contributed by atoms with Gasteiger partial charge in [-0.05, 0) is 37.5 Å². The highest BCUT2D eigenvalue weighted by atomic mass is 15.3. The van der Waals surface area contributed by atoms with Crippen molar-refractivity contribution >= 4 is 0 Å². The van der Waals surface area contributed by atoms with Crippen LogP contribution in [-0.2, 0) is 0 Å². The Kier molecular flexibility index (Phi) is 2.94. The number of benzene rings is 2. The van der Waals surface area contributed by atoms with E-state index < -0.39 is 0 Å². The van der Waals surface area contributed by atoms with Crippen LogP contribution in [0.4, 0.5) is 0 Å². The van der Waals surface area contributed by atoms with Gasteiger partial charge in [-0.2, -0.15) is 0 Å². The Morgan fingerprint density at radius 2 is 1.42 bits per heavy atom. The van der Waals surface area contributed by atoms with Crippen molar-refractivity contribution in [2.24, 2.45) is 0 Å². The first kappa shape index (κ1) is 12.4. The molecule has 2 atom stereocenters. The molecule has 1 fully saturated rings. The average Bonchev–Trinajstić information content (AvgIpc) is 3.20. The molecule has 2 aromatic rings. The van der Waals surface area contributed by atoms with Crippen LogP contribution in [0.5, 0.6) is 0 Å². The van der Waals surface area contributed by atoms with Crippen LogP contribution in [-0.4, -0.2) is 17.0 Å². The quantitative estimate of drug-likeness (QED) is 0.710. The maximum atomic E-state index is 2.53. The molecule has 1 aliphatic rings. The summed E-state index contributed by atoms with van der Waals surface area (Å²) in [4.78, 5) is 2.53. The lowest BCUT2D eigenvalue weighted by Gasteiger charge is -2.21. The second kappa shape index (κ2) is 4.50. The van der Waals surface area contributed by atoms with E-state index in [1.165, 1.54) is 23.2 Å². The largest absolute Gasteiger partial charge is 0.288 e. The van der Waals surface area contributed by atoms with E-state index in [1.807, 2.05) is 0 Å². The highest BCUT2D eigenvalue weighted by Gasteiger charge is 2.42. The third-order valence-corrected chi connectivity index (χ3v) is 3.88. The maximum Gasteiger partial charge on any atom is 0.0481 e. The van der Waals surface area contributed by atoms with E-state index in [-0.39, 0.29) is 5.54 Å². The Labute approximate surface area is 115 Å². The van der Waals surface area contributed by atoms with Gasteiger partial charge in [-0.15, -0.1) is 0 Å². The van der Waals surface area contributed by atoms with Gasteiger partial charge < -0.3 is 0 Å². The Balaban J connectivity index is 1.78. The monoisotopic (exact) mass is 251 g/mol. The van der Waals surface area contributed by atoms with Gasteiger partial charge in [0.15, 0.2) is 0 Å². The molecule has 0 amide bonds. The lowest BCUT2D eigenvalue weighted by atomic mass is 10.0. The van der Waals surface area contributed by atoms with Crippen LogP contribution < -0.4 is 0 Å². The van der Waals surface area contributed by atoms with Crippen molar-refractivity contribution < 1.29 is 0 Å². The average molecular weight is 251 g/mol. The first-order valence-corrected chi connectivity index (χ1v) is 6.98. The molecule has 98 valence electrons. The molecule has 2 unspecified atom stereocenters. The molecule has 19 heavy (non-hydrogen) atoms. The van der Waals surface area contributed by atoms with Crippen LogP contribution in [0.2, 0.25) is 0 Å². The van der Waals surface area contributed by atoms with E-state index in [1.54, 1.807) is 0 Å². The Hall–Kier alpha value is -1.60. The molecule has 0 aromatic heterocycles. The SMILES string of the molecule is CC(C)(C)N1CC1c1ccc(-c2ccccc2)cc1. The molecule has 0 bridgehead atoms. The minimum Gasteiger partial charge on any atom is -0.288 e. The van der Waals surface area contributed by atoms with Gasteiger partial charge in [0.05, 0.1) is 0 Å². The molecule has 1 saturated heterocycles. The van der Waals surface area contributed by atoms with Gasteiger partial charge in [-0.1, -0.05) is 54.6 Å². The molecule has 2 aromatic carbocycles. The molecule has 3 rings (SSSR count). The molecule has 0 radical (unpaired) electrons. The molecular weight excluding hydrogens is 230 g/mol. The number of rotatable bonds is 2. The van der Waals surface area contributed by atoms with Crippen LogP contribution in [0.3, 0.4) is 0 Å². The summed E-state index contributed by atoms with van der Waals surface area (Å²) in [6.45, 7) is 8.04. The first-order valence-electron chi connectivity index (χ1n) is 6.98. The van der Waals surface area contributed by atoms with Crippen molar-refractivity contribution in [1.29, 1.82) is 0 Å². The minimum absolute atomic E-state index is 0.281. The minimum atomic E-state index is 0.281. The summed E-state index contributed by atoms with van der Waals surface area (Å²) < 4.78 is 0. The third kappa shape index (κ3) is 2.57. The fourth-order valence-electron chi connectivity index (χ4n) is 2.69. The zero-order valence-electron chi connectivity index (χ0n) is 11.9. The first-order chi connectivity index (χ1) is 9.05. The zero-order valence-corrected chi connectivity index (χ0v) is 11.9. The van der Waals surface area contributed by atoms with E-state index >= 15 is 0 Å². The van der Waals surface area contributed by atoms with Crippen molar-refractivity contribution in [1.82, 2.24) is 4.90 Å². The highest BCUT2D eigenvalue weighted by Crippen LogP contribution is 2.41. The van der Waals surface area contributed by atoms with E-state index in [0.29, 0.717) is 6.04 Å². The normalized spacial score (nSPS) is 22.3. The van der Waals surface area contributed by atoms with Crippen molar-refractivity contribution in [3.05, 3.63) is 60.2 Å². The van der Waals surface area contributed by atoms with E-state index in [0.717, 1.165) is 0 Å². The maximum absolute atomic E-state index is 2.53. The van der Waals surface area contributed by atoms with E-state index in [9.17, 15) is 0 Å². The molecule has 0 saturated carbocycles. The molecule has 1 heteroatoms. The van der Waals surface area contributed by atoms with Crippen molar-refractivity contribution in [3.63, 3.8) is 0 Å². The zero-order chi connectivity index (χ0) is 13.5. The standard InChI is InChI=1S/C18H21N/c1-18(2,3)19-13-17(19)16-11-9-15(10-12-16)14-7-5-4-6-8-14/h4-12,17H,13H2,1-3H3. The van der Waals surface area contributed by atoms with Gasteiger partial charge in [-0.25, -0.2) is 0 Å². The smallest absolute Gasteiger partial charge is 0.0481 e. The predicted molar refractivity (Wildman–Crippen MR) is 81.1 cm³/mol. The molecule has 1 heterocycles. The van der Waals surface area contributed by atoms with Crippen molar-refractivity contribution in [2.45, 2.75) is 32.4 Å². The number of nitrogens with zero attached hydrogens (tertiary/aromatic N) is 1. The second-order valence-corrected chi connectivity index (χ2v) is 6.33. The van der Waals surface area contributed by atoms with Gasteiger partial charge in [0.1, 0.15) is 0 Å². The molecule has 0 spiro atoms. The fourth-order valence-corrected chi connectivity index (χ4v) is 2.69.